The summed E-state index contributed by atoms with van der Waals surface area (Å²) in [4.78, 5) is 25.5. The maximum atomic E-state index is 12.8. The van der Waals surface area contributed by atoms with Crippen LogP contribution in [0.2, 0.25) is 0 Å². The molecule has 1 aliphatic rings. The lowest BCUT2D eigenvalue weighted by atomic mass is 10.0. The van der Waals surface area contributed by atoms with Crippen molar-refractivity contribution in [3.8, 4) is 39.6 Å². The van der Waals surface area contributed by atoms with Gasteiger partial charge in [0.2, 0.25) is 6.79 Å². The van der Waals surface area contributed by atoms with E-state index in [1.807, 2.05) is 60.7 Å². The lowest BCUT2D eigenvalue weighted by Gasteiger charge is -2.07. The summed E-state index contributed by atoms with van der Waals surface area (Å²) < 4.78 is 22.2. The standard InChI is InChI=1S/C26H20N2O6/c1-31-25(29)22-23(27-28(24(22)26(30)32-2)19-6-4-3-5-7-19)17-10-8-16(9-11-17)18-12-13-20-21(14-18)34-15-33-20/h3-14H,15H2,1-2H3. The Morgan fingerprint density at radius 1 is 0.794 bits per heavy atom. The summed E-state index contributed by atoms with van der Waals surface area (Å²) >= 11 is 0. The topological polar surface area (TPSA) is 88.9 Å². The van der Waals surface area contributed by atoms with Gasteiger partial charge in [0.1, 0.15) is 11.3 Å². The Labute approximate surface area is 195 Å². The second-order valence-electron chi connectivity index (χ2n) is 7.45. The number of ether oxygens (including phenoxy) is 4. The number of nitrogens with zero attached hydrogens (tertiary/aromatic N) is 2. The van der Waals surface area contributed by atoms with Crippen molar-refractivity contribution in [2.75, 3.05) is 21.0 Å². The van der Waals surface area contributed by atoms with E-state index < -0.39 is 11.9 Å². The number of carbonyl (C=O) groups is 2. The number of hydrogen-bond acceptors (Lipinski definition) is 7. The fraction of sp³-hybridized carbons (Fsp3) is 0.115. The third kappa shape index (κ3) is 3.65. The zero-order chi connectivity index (χ0) is 23.7. The van der Waals surface area contributed by atoms with Crippen LogP contribution >= 0.6 is 0 Å². The van der Waals surface area contributed by atoms with Crippen LogP contribution in [-0.2, 0) is 9.47 Å². The third-order valence-corrected chi connectivity index (χ3v) is 5.52. The largest absolute Gasteiger partial charge is 0.465 e. The van der Waals surface area contributed by atoms with E-state index in [0.717, 1.165) is 11.1 Å². The molecule has 8 nitrogen and oxygen atoms in total. The molecule has 0 unspecified atom stereocenters. The van der Waals surface area contributed by atoms with E-state index >= 15 is 0 Å². The maximum absolute atomic E-state index is 12.8. The summed E-state index contributed by atoms with van der Waals surface area (Å²) in [6.45, 7) is 0.209. The number of hydrogen-bond donors (Lipinski definition) is 0. The lowest BCUT2D eigenvalue weighted by Crippen LogP contribution is -2.15. The Hall–Kier alpha value is -4.59. The highest BCUT2D eigenvalue weighted by molar-refractivity contribution is 6.06. The molecule has 5 rings (SSSR count). The molecule has 1 aromatic heterocycles. The van der Waals surface area contributed by atoms with Crippen molar-refractivity contribution in [2.24, 2.45) is 0 Å². The van der Waals surface area contributed by atoms with Gasteiger partial charge in [-0.3, -0.25) is 0 Å². The van der Waals surface area contributed by atoms with Gasteiger partial charge in [-0.05, 0) is 35.4 Å². The molecule has 8 heteroatoms. The molecule has 0 atom stereocenters. The van der Waals surface area contributed by atoms with Crippen molar-refractivity contribution >= 4 is 11.9 Å². The molecule has 0 fully saturated rings. The number of benzene rings is 3. The van der Waals surface area contributed by atoms with E-state index in [1.165, 1.54) is 18.9 Å². The van der Waals surface area contributed by atoms with E-state index in [9.17, 15) is 9.59 Å². The average Bonchev–Trinajstić information content (AvgIpc) is 3.53. The van der Waals surface area contributed by atoms with Crippen molar-refractivity contribution in [1.29, 1.82) is 0 Å². The van der Waals surface area contributed by atoms with Gasteiger partial charge >= 0.3 is 11.9 Å². The Morgan fingerprint density at radius 3 is 2.15 bits per heavy atom. The number of carbonyl (C=O) groups excluding carboxylic acids is 2. The van der Waals surface area contributed by atoms with E-state index in [-0.39, 0.29) is 18.1 Å². The highest BCUT2D eigenvalue weighted by atomic mass is 16.7. The number of rotatable bonds is 5. The zero-order valence-electron chi connectivity index (χ0n) is 18.5. The first-order valence-electron chi connectivity index (χ1n) is 10.5. The van der Waals surface area contributed by atoms with Gasteiger partial charge < -0.3 is 18.9 Å². The Morgan fingerprint density at radius 2 is 1.44 bits per heavy atom. The fourth-order valence-electron chi connectivity index (χ4n) is 3.85. The van der Waals surface area contributed by atoms with Crippen molar-refractivity contribution in [1.82, 2.24) is 9.78 Å². The molecular formula is C26H20N2O6. The predicted octanol–water partition coefficient (Wildman–Crippen LogP) is 4.51. The predicted molar refractivity (Wildman–Crippen MR) is 123 cm³/mol. The van der Waals surface area contributed by atoms with Gasteiger partial charge in [0.15, 0.2) is 17.2 Å². The zero-order valence-corrected chi connectivity index (χ0v) is 18.5. The van der Waals surface area contributed by atoms with E-state index in [1.54, 1.807) is 12.1 Å². The highest BCUT2D eigenvalue weighted by Gasteiger charge is 2.31. The number of esters is 2. The Kier molecular flexibility index (Phi) is 5.47. The average molecular weight is 456 g/mol. The first-order chi connectivity index (χ1) is 16.6. The molecule has 0 aliphatic carbocycles. The minimum absolute atomic E-state index is 0.00426. The molecule has 0 saturated carbocycles. The van der Waals surface area contributed by atoms with Gasteiger partial charge in [0.25, 0.3) is 0 Å². The minimum Gasteiger partial charge on any atom is -0.465 e. The van der Waals surface area contributed by atoms with Crippen LogP contribution in [-0.4, -0.2) is 42.7 Å². The van der Waals surface area contributed by atoms with Crippen molar-refractivity contribution in [3.63, 3.8) is 0 Å². The van der Waals surface area contributed by atoms with E-state index in [2.05, 4.69) is 5.10 Å². The second kappa shape index (κ2) is 8.74. The van der Waals surface area contributed by atoms with Gasteiger partial charge in [-0.1, -0.05) is 48.5 Å². The molecule has 2 heterocycles. The summed E-state index contributed by atoms with van der Waals surface area (Å²) in [6.07, 6.45) is 0. The van der Waals surface area contributed by atoms with Gasteiger partial charge in [-0.2, -0.15) is 5.10 Å². The molecule has 0 saturated heterocycles. The lowest BCUT2D eigenvalue weighted by molar-refractivity contribution is 0.0549. The molecule has 3 aromatic carbocycles. The first-order valence-corrected chi connectivity index (χ1v) is 10.5. The summed E-state index contributed by atoms with van der Waals surface area (Å²) in [5.74, 6) is 0.0289. The fourth-order valence-corrected chi connectivity index (χ4v) is 3.85. The Bertz CT molecular complexity index is 1380. The molecule has 1 aliphatic heterocycles. The van der Waals surface area contributed by atoms with E-state index in [4.69, 9.17) is 18.9 Å². The summed E-state index contributed by atoms with van der Waals surface area (Å²) in [5, 5.41) is 4.62. The third-order valence-electron chi connectivity index (χ3n) is 5.52. The molecule has 34 heavy (non-hydrogen) atoms. The molecular weight excluding hydrogens is 436 g/mol. The number of methoxy groups -OCH3 is 2. The van der Waals surface area contributed by atoms with Crippen molar-refractivity contribution < 1.29 is 28.5 Å². The first kappa shape index (κ1) is 21.3. The minimum atomic E-state index is -0.694. The molecule has 4 aromatic rings. The van der Waals surface area contributed by atoms with Crippen LogP contribution in [0.25, 0.3) is 28.1 Å². The van der Waals surface area contributed by atoms with Crippen LogP contribution < -0.4 is 9.47 Å². The van der Waals surface area contributed by atoms with Crippen LogP contribution in [0.4, 0.5) is 0 Å². The normalized spacial score (nSPS) is 11.8. The van der Waals surface area contributed by atoms with Crippen LogP contribution in [0.15, 0.2) is 72.8 Å². The summed E-state index contributed by atoms with van der Waals surface area (Å²) in [5.41, 5.74) is 3.49. The summed E-state index contributed by atoms with van der Waals surface area (Å²) in [6, 6.07) is 22.3. The van der Waals surface area contributed by atoms with Crippen LogP contribution in [0.1, 0.15) is 20.8 Å². The molecule has 170 valence electrons. The van der Waals surface area contributed by atoms with Crippen LogP contribution in [0.3, 0.4) is 0 Å². The smallest absolute Gasteiger partial charge is 0.357 e. The molecule has 0 bridgehead atoms. The molecule has 0 radical (unpaired) electrons. The van der Waals surface area contributed by atoms with Crippen molar-refractivity contribution in [2.45, 2.75) is 0 Å². The SMILES string of the molecule is COC(=O)c1c(-c2ccc(-c3ccc4c(c3)OCO4)cc2)nn(-c2ccccc2)c1C(=O)OC. The van der Waals surface area contributed by atoms with E-state index in [0.29, 0.717) is 28.4 Å². The Balaban J connectivity index is 1.62. The maximum Gasteiger partial charge on any atom is 0.357 e. The quantitative estimate of drug-likeness (QED) is 0.408. The van der Waals surface area contributed by atoms with Crippen LogP contribution in [0, 0.1) is 0 Å². The van der Waals surface area contributed by atoms with Gasteiger partial charge in [0.05, 0.1) is 19.9 Å². The van der Waals surface area contributed by atoms with Gasteiger partial charge in [0, 0.05) is 5.56 Å². The summed E-state index contributed by atoms with van der Waals surface area (Å²) in [7, 11) is 2.52. The monoisotopic (exact) mass is 456 g/mol. The molecule has 0 spiro atoms. The highest BCUT2D eigenvalue weighted by Crippen LogP contribution is 2.37. The molecule has 0 N–H and O–H groups in total. The number of aromatic nitrogens is 2. The van der Waals surface area contributed by atoms with Crippen LogP contribution in [0.5, 0.6) is 11.5 Å². The molecule has 0 amide bonds. The van der Waals surface area contributed by atoms with Crippen molar-refractivity contribution in [3.05, 3.63) is 84.1 Å². The number of para-hydroxylation sites is 1. The van der Waals surface area contributed by atoms with Gasteiger partial charge in [-0.15, -0.1) is 0 Å². The number of fused-ring (bicyclic) bond motifs is 1. The van der Waals surface area contributed by atoms with Gasteiger partial charge in [-0.25, -0.2) is 14.3 Å². The second-order valence-corrected chi connectivity index (χ2v) is 7.45.